The number of hydrogen-bond donors (Lipinski definition) is 1. The molecule has 0 fully saturated rings. The fourth-order valence-electron chi connectivity index (χ4n) is 1.37. The highest BCUT2D eigenvalue weighted by molar-refractivity contribution is 6.31. The van der Waals surface area contributed by atoms with Gasteiger partial charge in [0.15, 0.2) is 0 Å². The lowest BCUT2D eigenvalue weighted by Gasteiger charge is -2.16. The summed E-state index contributed by atoms with van der Waals surface area (Å²) in [5.41, 5.74) is -0.364. The van der Waals surface area contributed by atoms with Crippen LogP contribution in [0.4, 0.5) is 8.78 Å². The molecule has 1 rings (SSSR count). The van der Waals surface area contributed by atoms with Gasteiger partial charge in [-0.15, -0.1) is 0 Å². The van der Waals surface area contributed by atoms with Crippen LogP contribution in [0.15, 0.2) is 18.2 Å². The quantitative estimate of drug-likeness (QED) is 0.873. The van der Waals surface area contributed by atoms with Crippen LogP contribution >= 0.6 is 11.6 Å². The van der Waals surface area contributed by atoms with E-state index >= 15 is 0 Å². The molecule has 82 valence electrons. The first kappa shape index (κ1) is 11.9. The lowest BCUT2D eigenvalue weighted by molar-refractivity contribution is -0.136. The molecule has 1 aromatic rings. The van der Waals surface area contributed by atoms with Crippen LogP contribution in [0.25, 0.3) is 0 Å². The van der Waals surface area contributed by atoms with E-state index in [1.165, 1.54) is 18.2 Å². The molecule has 0 saturated heterocycles. The van der Waals surface area contributed by atoms with Crippen molar-refractivity contribution in [1.82, 2.24) is 0 Å². The van der Waals surface area contributed by atoms with E-state index in [0.717, 1.165) is 0 Å². The maximum atomic E-state index is 13.1. The summed E-state index contributed by atoms with van der Waals surface area (Å²) in [6, 6.07) is 4.11. The van der Waals surface area contributed by atoms with E-state index in [1.807, 2.05) is 0 Å². The maximum Gasteiger partial charge on any atom is 0.307 e. The Kier molecular flexibility index (Phi) is 3.29. The number of aliphatic carboxylic acids is 1. The molecule has 0 heterocycles. The molecule has 15 heavy (non-hydrogen) atoms. The normalized spacial score (nSPS) is 11.5. The average molecular weight is 235 g/mol. The van der Waals surface area contributed by atoms with Crippen molar-refractivity contribution in [2.24, 2.45) is 0 Å². The highest BCUT2D eigenvalue weighted by Crippen LogP contribution is 2.35. The molecule has 0 spiro atoms. The topological polar surface area (TPSA) is 37.3 Å². The summed E-state index contributed by atoms with van der Waals surface area (Å²) in [6.45, 7) is 0.694. The van der Waals surface area contributed by atoms with Gasteiger partial charge in [-0.3, -0.25) is 4.79 Å². The maximum absolute atomic E-state index is 13.1. The minimum Gasteiger partial charge on any atom is -0.481 e. The van der Waals surface area contributed by atoms with E-state index in [9.17, 15) is 13.6 Å². The van der Waals surface area contributed by atoms with Gasteiger partial charge in [-0.1, -0.05) is 23.7 Å². The molecule has 1 aromatic carbocycles. The first-order valence-corrected chi connectivity index (χ1v) is 4.57. The van der Waals surface area contributed by atoms with Crippen molar-refractivity contribution in [3.05, 3.63) is 34.3 Å². The summed E-state index contributed by atoms with van der Waals surface area (Å²) in [7, 11) is 0. The Morgan fingerprint density at radius 3 is 2.60 bits per heavy atom. The number of halogens is 3. The lowest BCUT2D eigenvalue weighted by atomic mass is 10.00. The molecular formula is C10H9ClF2O2. The van der Waals surface area contributed by atoms with E-state index in [2.05, 4.69) is 0 Å². The van der Waals surface area contributed by atoms with Crippen LogP contribution in [0.2, 0.25) is 5.02 Å². The zero-order valence-electron chi connectivity index (χ0n) is 7.93. The number of carboxylic acids is 1. The highest BCUT2D eigenvalue weighted by atomic mass is 35.5. The van der Waals surface area contributed by atoms with Crippen molar-refractivity contribution >= 4 is 17.6 Å². The largest absolute Gasteiger partial charge is 0.481 e. The van der Waals surface area contributed by atoms with Crippen molar-refractivity contribution in [3.8, 4) is 0 Å². The Balaban J connectivity index is 3.27. The molecule has 0 aliphatic rings. The molecule has 0 atom stereocenters. The Morgan fingerprint density at radius 1 is 1.53 bits per heavy atom. The van der Waals surface area contributed by atoms with Crippen LogP contribution in [0.5, 0.6) is 0 Å². The average Bonchev–Trinajstić information content (AvgIpc) is 1.99. The lowest BCUT2D eigenvalue weighted by Crippen LogP contribution is -2.14. The molecule has 2 nitrogen and oxygen atoms in total. The van der Waals surface area contributed by atoms with Crippen LogP contribution in [-0.2, 0) is 17.1 Å². The first-order chi connectivity index (χ1) is 6.82. The number of carbonyl (C=O) groups is 1. The van der Waals surface area contributed by atoms with Gasteiger partial charge in [0.2, 0.25) is 0 Å². The second-order valence-electron chi connectivity index (χ2n) is 3.23. The van der Waals surface area contributed by atoms with Gasteiger partial charge in [0.25, 0.3) is 5.92 Å². The van der Waals surface area contributed by atoms with Gasteiger partial charge in [0.05, 0.1) is 11.4 Å². The standard InChI is InChI=1S/C10H9ClF2O2/c1-10(12,13)9-6(5-8(14)15)3-2-4-7(9)11/h2-4H,5H2,1H3,(H,14,15). The predicted molar refractivity (Wildman–Crippen MR) is 52.4 cm³/mol. The van der Waals surface area contributed by atoms with E-state index in [0.29, 0.717) is 6.92 Å². The summed E-state index contributed by atoms with van der Waals surface area (Å²) < 4.78 is 26.3. The SMILES string of the molecule is CC(F)(F)c1c(Cl)cccc1CC(=O)O. The van der Waals surface area contributed by atoms with Crippen LogP contribution in [0, 0.1) is 0 Å². The Bertz CT molecular complexity index is 385. The van der Waals surface area contributed by atoms with Crippen molar-refractivity contribution < 1.29 is 18.7 Å². The fourth-order valence-corrected chi connectivity index (χ4v) is 1.73. The van der Waals surface area contributed by atoms with Gasteiger partial charge in [0, 0.05) is 12.5 Å². The van der Waals surface area contributed by atoms with Crippen molar-refractivity contribution in [3.63, 3.8) is 0 Å². The number of alkyl halides is 2. The van der Waals surface area contributed by atoms with Crippen LogP contribution in [-0.4, -0.2) is 11.1 Å². The van der Waals surface area contributed by atoms with Crippen molar-refractivity contribution in [2.75, 3.05) is 0 Å². The second kappa shape index (κ2) is 4.14. The van der Waals surface area contributed by atoms with Gasteiger partial charge >= 0.3 is 5.97 Å². The van der Waals surface area contributed by atoms with E-state index < -0.39 is 23.9 Å². The molecule has 0 amide bonds. The zero-order chi connectivity index (χ0) is 11.6. The van der Waals surface area contributed by atoms with Gasteiger partial charge in [-0.2, -0.15) is 0 Å². The molecule has 0 unspecified atom stereocenters. The van der Waals surface area contributed by atoms with E-state index in [1.54, 1.807) is 0 Å². The zero-order valence-corrected chi connectivity index (χ0v) is 8.68. The van der Waals surface area contributed by atoms with Crippen molar-refractivity contribution in [1.29, 1.82) is 0 Å². The third kappa shape index (κ3) is 2.89. The molecule has 0 bridgehead atoms. The minimum atomic E-state index is -3.14. The van der Waals surface area contributed by atoms with E-state index in [-0.39, 0.29) is 10.6 Å². The number of carboxylic acid groups (broad SMARTS) is 1. The Labute approximate surface area is 90.5 Å². The first-order valence-electron chi connectivity index (χ1n) is 4.20. The highest BCUT2D eigenvalue weighted by Gasteiger charge is 2.30. The van der Waals surface area contributed by atoms with E-state index in [4.69, 9.17) is 16.7 Å². The molecular weight excluding hydrogens is 226 g/mol. The fraction of sp³-hybridized carbons (Fsp3) is 0.300. The number of hydrogen-bond acceptors (Lipinski definition) is 1. The third-order valence-corrected chi connectivity index (χ3v) is 2.20. The van der Waals surface area contributed by atoms with Gasteiger partial charge in [0.1, 0.15) is 0 Å². The number of benzene rings is 1. The molecule has 0 aromatic heterocycles. The Hall–Kier alpha value is -1.16. The van der Waals surface area contributed by atoms with Crippen molar-refractivity contribution in [2.45, 2.75) is 19.3 Å². The monoisotopic (exact) mass is 234 g/mol. The van der Waals surface area contributed by atoms with Crippen LogP contribution < -0.4 is 0 Å². The molecule has 0 aliphatic heterocycles. The van der Waals surface area contributed by atoms with Crippen LogP contribution in [0.1, 0.15) is 18.1 Å². The smallest absolute Gasteiger partial charge is 0.307 e. The summed E-state index contributed by atoms with van der Waals surface area (Å²) in [6.07, 6.45) is -0.459. The summed E-state index contributed by atoms with van der Waals surface area (Å²) >= 11 is 5.62. The molecule has 0 saturated carbocycles. The second-order valence-corrected chi connectivity index (χ2v) is 3.64. The number of rotatable bonds is 3. The third-order valence-electron chi connectivity index (χ3n) is 1.88. The summed E-state index contributed by atoms with van der Waals surface area (Å²) in [5.74, 6) is -4.30. The molecule has 0 aliphatic carbocycles. The molecule has 0 radical (unpaired) electrons. The van der Waals surface area contributed by atoms with Gasteiger partial charge < -0.3 is 5.11 Å². The summed E-state index contributed by atoms with van der Waals surface area (Å²) in [5, 5.41) is 8.45. The summed E-state index contributed by atoms with van der Waals surface area (Å²) in [4.78, 5) is 10.5. The predicted octanol–water partition coefficient (Wildman–Crippen LogP) is 3.08. The Morgan fingerprint density at radius 2 is 2.13 bits per heavy atom. The molecule has 1 N–H and O–H groups in total. The van der Waals surface area contributed by atoms with Gasteiger partial charge in [-0.25, -0.2) is 8.78 Å². The van der Waals surface area contributed by atoms with Gasteiger partial charge in [-0.05, 0) is 11.6 Å². The van der Waals surface area contributed by atoms with Crippen LogP contribution in [0.3, 0.4) is 0 Å². The molecule has 5 heteroatoms. The minimum absolute atomic E-state index is 0.0440.